The summed E-state index contributed by atoms with van der Waals surface area (Å²) in [5.74, 6) is -0.954. The lowest BCUT2D eigenvalue weighted by Gasteiger charge is -2.18. The summed E-state index contributed by atoms with van der Waals surface area (Å²) in [4.78, 5) is 37.6. The molecule has 0 N–H and O–H groups in total. The number of allylic oxidation sites excluding steroid dienone is 12. The van der Waals surface area contributed by atoms with Gasteiger partial charge in [-0.3, -0.25) is 14.4 Å². The molecule has 0 rings (SSSR count). The molecule has 0 spiro atoms. The molecule has 53 heavy (non-hydrogen) atoms. The summed E-state index contributed by atoms with van der Waals surface area (Å²) in [7, 11) is 0. The van der Waals surface area contributed by atoms with E-state index in [9.17, 15) is 14.4 Å². The average Bonchev–Trinajstić information content (AvgIpc) is 3.15. The Labute approximate surface area is 325 Å². The normalized spacial score (nSPS) is 12.7. The molecule has 0 aliphatic heterocycles. The molecular formula is C47H78O6. The molecule has 1 atom stereocenters. The fraction of sp³-hybridized carbons (Fsp3) is 0.681. The van der Waals surface area contributed by atoms with Crippen molar-refractivity contribution in [2.75, 3.05) is 13.2 Å². The largest absolute Gasteiger partial charge is 0.462 e. The average molecular weight is 739 g/mol. The minimum Gasteiger partial charge on any atom is -0.462 e. The molecule has 0 aliphatic rings. The summed E-state index contributed by atoms with van der Waals surface area (Å²) in [6.07, 6.45) is 50.3. The molecule has 0 aromatic rings. The molecule has 1 unspecified atom stereocenters. The van der Waals surface area contributed by atoms with E-state index in [0.29, 0.717) is 19.3 Å². The highest BCUT2D eigenvalue weighted by Gasteiger charge is 2.19. The summed E-state index contributed by atoms with van der Waals surface area (Å²) < 4.78 is 16.6. The molecule has 0 bridgehead atoms. The Morgan fingerprint density at radius 3 is 1.36 bits per heavy atom. The predicted molar refractivity (Wildman–Crippen MR) is 224 cm³/mol. The number of rotatable bonds is 37. The highest BCUT2D eigenvalue weighted by Crippen LogP contribution is 2.12. The predicted octanol–water partition coefficient (Wildman–Crippen LogP) is 13.5. The Hall–Kier alpha value is -3.15. The van der Waals surface area contributed by atoms with E-state index in [-0.39, 0.29) is 31.1 Å². The maximum atomic E-state index is 12.7. The molecule has 0 fully saturated rings. The molecule has 0 radical (unpaired) electrons. The standard InChI is InChI=1S/C47H78O6/c1-4-7-10-13-16-19-22-24-26-28-31-34-37-40-46(49)52-43-44(42-51-45(48)39-36-33-30-27-21-18-15-12-9-6-3)53-47(50)41-38-35-32-29-25-23-20-17-14-11-8-5-2/h7-8,10-11,13,15-20,22,44H,4-6,9,12,14,21,23-43H2,1-3H3/b10-7-,11-8-,16-13-,18-15-,20-17-,22-19-. The van der Waals surface area contributed by atoms with Crippen LogP contribution in [0, 0.1) is 0 Å². The first-order valence-electron chi connectivity index (χ1n) is 21.5. The minimum atomic E-state index is -0.792. The summed E-state index contributed by atoms with van der Waals surface area (Å²) in [5.41, 5.74) is 0. The van der Waals surface area contributed by atoms with Crippen LogP contribution in [0.15, 0.2) is 72.9 Å². The number of hydrogen-bond donors (Lipinski definition) is 0. The number of esters is 3. The van der Waals surface area contributed by atoms with Gasteiger partial charge >= 0.3 is 17.9 Å². The fourth-order valence-electron chi connectivity index (χ4n) is 5.52. The van der Waals surface area contributed by atoms with E-state index in [4.69, 9.17) is 14.2 Å². The van der Waals surface area contributed by atoms with Crippen LogP contribution in [0.3, 0.4) is 0 Å². The molecule has 6 nitrogen and oxygen atoms in total. The van der Waals surface area contributed by atoms with E-state index in [1.54, 1.807) is 0 Å². The topological polar surface area (TPSA) is 78.9 Å². The van der Waals surface area contributed by atoms with Gasteiger partial charge in [-0.05, 0) is 83.5 Å². The summed E-state index contributed by atoms with van der Waals surface area (Å²) >= 11 is 0. The van der Waals surface area contributed by atoms with Crippen LogP contribution in [0.4, 0.5) is 0 Å². The van der Waals surface area contributed by atoms with Gasteiger partial charge in [-0.2, -0.15) is 0 Å². The second-order valence-corrected chi connectivity index (χ2v) is 13.9. The van der Waals surface area contributed by atoms with Crippen LogP contribution < -0.4 is 0 Å². The highest BCUT2D eigenvalue weighted by molar-refractivity contribution is 5.71. The van der Waals surface area contributed by atoms with E-state index in [2.05, 4.69) is 87.6 Å². The molecule has 0 saturated heterocycles. The van der Waals surface area contributed by atoms with Crippen molar-refractivity contribution < 1.29 is 28.6 Å². The van der Waals surface area contributed by atoms with Crippen LogP contribution in [-0.4, -0.2) is 37.2 Å². The number of hydrogen-bond acceptors (Lipinski definition) is 6. The lowest BCUT2D eigenvalue weighted by Crippen LogP contribution is -2.30. The van der Waals surface area contributed by atoms with E-state index < -0.39 is 6.10 Å². The Kier molecular flexibility index (Phi) is 39.1. The fourth-order valence-corrected chi connectivity index (χ4v) is 5.52. The molecule has 0 aromatic carbocycles. The first kappa shape index (κ1) is 49.9. The van der Waals surface area contributed by atoms with Gasteiger partial charge < -0.3 is 14.2 Å². The van der Waals surface area contributed by atoms with Gasteiger partial charge in [0.1, 0.15) is 13.2 Å². The zero-order valence-corrected chi connectivity index (χ0v) is 34.3. The molecule has 0 aromatic heterocycles. The lowest BCUT2D eigenvalue weighted by atomic mass is 10.1. The zero-order valence-electron chi connectivity index (χ0n) is 34.3. The van der Waals surface area contributed by atoms with Crippen LogP contribution in [0.2, 0.25) is 0 Å². The molecule has 6 heteroatoms. The van der Waals surface area contributed by atoms with Gasteiger partial charge in [0.15, 0.2) is 6.10 Å². The van der Waals surface area contributed by atoms with Gasteiger partial charge in [-0.1, -0.05) is 158 Å². The van der Waals surface area contributed by atoms with Crippen molar-refractivity contribution in [3.63, 3.8) is 0 Å². The Balaban J connectivity index is 4.46. The number of carbonyl (C=O) groups is 3. The first-order chi connectivity index (χ1) is 26.0. The van der Waals surface area contributed by atoms with Gasteiger partial charge in [-0.15, -0.1) is 0 Å². The smallest absolute Gasteiger partial charge is 0.306 e. The Bertz CT molecular complexity index is 1030. The van der Waals surface area contributed by atoms with Gasteiger partial charge in [0, 0.05) is 19.3 Å². The third-order valence-electron chi connectivity index (χ3n) is 8.74. The molecule has 302 valence electrons. The van der Waals surface area contributed by atoms with Crippen molar-refractivity contribution in [3.05, 3.63) is 72.9 Å². The maximum absolute atomic E-state index is 12.7. The van der Waals surface area contributed by atoms with E-state index in [1.807, 2.05) is 6.08 Å². The number of ether oxygens (including phenoxy) is 3. The van der Waals surface area contributed by atoms with Crippen LogP contribution in [0.25, 0.3) is 0 Å². The second-order valence-electron chi connectivity index (χ2n) is 13.9. The first-order valence-corrected chi connectivity index (χ1v) is 21.5. The maximum Gasteiger partial charge on any atom is 0.306 e. The van der Waals surface area contributed by atoms with Crippen LogP contribution in [0.1, 0.15) is 188 Å². The van der Waals surface area contributed by atoms with Crippen molar-refractivity contribution in [2.24, 2.45) is 0 Å². The van der Waals surface area contributed by atoms with Crippen molar-refractivity contribution in [2.45, 2.75) is 194 Å². The molecule has 0 amide bonds. The molecular weight excluding hydrogens is 661 g/mol. The van der Waals surface area contributed by atoms with Gasteiger partial charge in [0.25, 0.3) is 0 Å². The van der Waals surface area contributed by atoms with Crippen LogP contribution in [-0.2, 0) is 28.6 Å². The van der Waals surface area contributed by atoms with Crippen LogP contribution >= 0.6 is 0 Å². The van der Waals surface area contributed by atoms with Gasteiger partial charge in [0.05, 0.1) is 0 Å². The summed E-state index contributed by atoms with van der Waals surface area (Å²) in [5, 5.41) is 0. The van der Waals surface area contributed by atoms with Crippen molar-refractivity contribution in [3.8, 4) is 0 Å². The van der Waals surface area contributed by atoms with E-state index in [0.717, 1.165) is 135 Å². The van der Waals surface area contributed by atoms with E-state index >= 15 is 0 Å². The Morgan fingerprint density at radius 1 is 0.415 bits per heavy atom. The SMILES string of the molecule is CC\C=C/C=C\C=C/CCCCCCCC(=O)OCC(COC(=O)CCCCCC/C=C\CCCC)OC(=O)CCCCCCC/C=C\C/C=C\CC. The number of carbonyl (C=O) groups excluding carboxylic acids is 3. The quantitative estimate of drug-likeness (QED) is 0.0208. The van der Waals surface area contributed by atoms with Gasteiger partial charge in [0.2, 0.25) is 0 Å². The zero-order chi connectivity index (χ0) is 38.7. The molecule has 0 heterocycles. The highest BCUT2D eigenvalue weighted by atomic mass is 16.6. The second kappa shape index (κ2) is 41.6. The third-order valence-corrected chi connectivity index (χ3v) is 8.74. The summed E-state index contributed by atoms with van der Waals surface area (Å²) in [6, 6.07) is 0. The van der Waals surface area contributed by atoms with Gasteiger partial charge in [-0.25, -0.2) is 0 Å². The third kappa shape index (κ3) is 39.9. The van der Waals surface area contributed by atoms with Crippen LogP contribution in [0.5, 0.6) is 0 Å². The lowest BCUT2D eigenvalue weighted by molar-refractivity contribution is -0.167. The van der Waals surface area contributed by atoms with Crippen molar-refractivity contribution in [1.29, 1.82) is 0 Å². The van der Waals surface area contributed by atoms with Crippen molar-refractivity contribution >= 4 is 17.9 Å². The minimum absolute atomic E-state index is 0.0954. The Morgan fingerprint density at radius 2 is 0.830 bits per heavy atom. The molecule has 0 saturated carbocycles. The van der Waals surface area contributed by atoms with E-state index in [1.165, 1.54) is 12.8 Å². The van der Waals surface area contributed by atoms with Crippen molar-refractivity contribution in [1.82, 2.24) is 0 Å². The number of unbranched alkanes of at least 4 members (excludes halogenated alkanes) is 16. The monoisotopic (exact) mass is 739 g/mol. The summed E-state index contributed by atoms with van der Waals surface area (Å²) in [6.45, 7) is 6.28. The molecule has 0 aliphatic carbocycles.